The van der Waals surface area contributed by atoms with Crippen LogP contribution in [0.5, 0.6) is 0 Å². The Kier molecular flexibility index (Phi) is 3.01. The van der Waals surface area contributed by atoms with Crippen molar-refractivity contribution in [3.05, 3.63) is 54.9 Å². The molecule has 0 bridgehead atoms. The first-order valence-corrected chi connectivity index (χ1v) is 7.19. The molecule has 0 saturated heterocycles. The van der Waals surface area contributed by atoms with Gasteiger partial charge >= 0.3 is 0 Å². The van der Waals surface area contributed by atoms with Crippen LogP contribution >= 0.6 is 0 Å². The fraction of sp³-hybridized carbons (Fsp3) is 0.0588. The average Bonchev–Trinajstić information content (AvgIpc) is 3.01. The highest BCUT2D eigenvalue weighted by atomic mass is 15.2. The predicted molar refractivity (Wildman–Crippen MR) is 89.4 cm³/mol. The van der Waals surface area contributed by atoms with E-state index in [0.29, 0.717) is 0 Å². The molecular formula is C17H14N6. The highest BCUT2D eigenvalue weighted by molar-refractivity contribution is 5.91. The molecular weight excluding hydrogens is 288 g/mol. The Morgan fingerprint density at radius 1 is 0.913 bits per heavy atom. The number of nitrogens with two attached hydrogens (primary N) is 1. The molecule has 0 saturated carbocycles. The molecule has 0 unspecified atom stereocenters. The van der Waals surface area contributed by atoms with Gasteiger partial charge in [-0.25, -0.2) is 15.0 Å². The van der Waals surface area contributed by atoms with Crippen LogP contribution in [-0.4, -0.2) is 24.7 Å². The van der Waals surface area contributed by atoms with Gasteiger partial charge in [-0.15, -0.1) is 0 Å². The number of aromatic nitrogens is 5. The van der Waals surface area contributed by atoms with Gasteiger partial charge in [-0.3, -0.25) is 4.68 Å². The molecule has 112 valence electrons. The zero-order valence-electron chi connectivity index (χ0n) is 12.5. The van der Waals surface area contributed by atoms with Gasteiger partial charge in [0.15, 0.2) is 0 Å². The second kappa shape index (κ2) is 5.17. The fourth-order valence-corrected chi connectivity index (χ4v) is 2.54. The van der Waals surface area contributed by atoms with Crippen molar-refractivity contribution in [3.63, 3.8) is 0 Å². The van der Waals surface area contributed by atoms with E-state index in [-0.39, 0.29) is 5.95 Å². The molecule has 0 fully saturated rings. The van der Waals surface area contributed by atoms with Gasteiger partial charge in [0, 0.05) is 24.4 Å². The van der Waals surface area contributed by atoms with E-state index in [1.54, 1.807) is 10.9 Å². The standard InChI is InChI=1S/C17H14N6/c1-23-10-12(9-19-23)13-7-8-14-16(20-13)15(22-17(18)21-14)11-5-3-2-4-6-11/h2-10H,1H3,(H2,18,21,22). The molecule has 0 aliphatic rings. The largest absolute Gasteiger partial charge is 0.368 e. The summed E-state index contributed by atoms with van der Waals surface area (Å²) in [6.45, 7) is 0. The SMILES string of the molecule is Cn1cc(-c2ccc3nc(N)nc(-c4ccccc4)c3n2)cn1. The quantitative estimate of drug-likeness (QED) is 0.615. The van der Waals surface area contributed by atoms with Crippen LogP contribution in [0, 0.1) is 0 Å². The summed E-state index contributed by atoms with van der Waals surface area (Å²) < 4.78 is 1.75. The Morgan fingerprint density at radius 2 is 1.74 bits per heavy atom. The summed E-state index contributed by atoms with van der Waals surface area (Å²) in [7, 11) is 1.88. The summed E-state index contributed by atoms with van der Waals surface area (Å²) in [5.41, 5.74) is 10.8. The van der Waals surface area contributed by atoms with Gasteiger partial charge in [0.2, 0.25) is 5.95 Å². The fourth-order valence-electron chi connectivity index (χ4n) is 2.54. The maximum Gasteiger partial charge on any atom is 0.221 e. The number of rotatable bonds is 2. The number of nitrogen functional groups attached to an aromatic ring is 1. The lowest BCUT2D eigenvalue weighted by Crippen LogP contribution is -2.00. The molecule has 4 aromatic rings. The molecule has 1 aromatic carbocycles. The van der Waals surface area contributed by atoms with Crippen molar-refractivity contribution in [3.8, 4) is 22.5 Å². The molecule has 0 aliphatic heterocycles. The van der Waals surface area contributed by atoms with E-state index in [1.807, 2.05) is 55.7 Å². The van der Waals surface area contributed by atoms with Gasteiger partial charge in [0.05, 0.1) is 17.4 Å². The number of benzene rings is 1. The number of fused-ring (bicyclic) bond motifs is 1. The van der Waals surface area contributed by atoms with Crippen LogP contribution < -0.4 is 5.73 Å². The summed E-state index contributed by atoms with van der Waals surface area (Å²) in [4.78, 5) is 13.4. The lowest BCUT2D eigenvalue weighted by atomic mass is 10.1. The van der Waals surface area contributed by atoms with Gasteiger partial charge in [-0.1, -0.05) is 30.3 Å². The second-order valence-corrected chi connectivity index (χ2v) is 5.26. The molecule has 0 aliphatic carbocycles. The summed E-state index contributed by atoms with van der Waals surface area (Å²) >= 11 is 0. The molecule has 0 amide bonds. The van der Waals surface area contributed by atoms with Crippen LogP contribution in [0.1, 0.15) is 0 Å². The average molecular weight is 302 g/mol. The van der Waals surface area contributed by atoms with E-state index in [1.165, 1.54) is 0 Å². The number of aryl methyl sites for hydroxylation is 1. The van der Waals surface area contributed by atoms with Crippen molar-refractivity contribution in [2.75, 3.05) is 5.73 Å². The number of nitrogens with zero attached hydrogens (tertiary/aromatic N) is 5. The lowest BCUT2D eigenvalue weighted by Gasteiger charge is -2.07. The van der Waals surface area contributed by atoms with Crippen molar-refractivity contribution in [2.45, 2.75) is 0 Å². The molecule has 4 rings (SSSR count). The minimum absolute atomic E-state index is 0.243. The van der Waals surface area contributed by atoms with Crippen LogP contribution in [-0.2, 0) is 7.05 Å². The monoisotopic (exact) mass is 302 g/mol. The van der Waals surface area contributed by atoms with E-state index in [4.69, 9.17) is 10.7 Å². The highest BCUT2D eigenvalue weighted by Crippen LogP contribution is 2.27. The maximum atomic E-state index is 5.85. The number of anilines is 1. The van der Waals surface area contributed by atoms with Gasteiger partial charge in [0.25, 0.3) is 0 Å². The molecule has 6 nitrogen and oxygen atoms in total. The van der Waals surface area contributed by atoms with Crippen LogP contribution in [0.4, 0.5) is 5.95 Å². The normalized spacial score (nSPS) is 11.0. The third kappa shape index (κ3) is 2.40. The Bertz CT molecular complexity index is 991. The smallest absolute Gasteiger partial charge is 0.221 e. The molecule has 0 radical (unpaired) electrons. The van der Waals surface area contributed by atoms with Crippen LogP contribution in [0.15, 0.2) is 54.9 Å². The van der Waals surface area contributed by atoms with Crippen LogP contribution in [0.2, 0.25) is 0 Å². The minimum atomic E-state index is 0.243. The van der Waals surface area contributed by atoms with Crippen molar-refractivity contribution in [1.82, 2.24) is 24.7 Å². The van der Waals surface area contributed by atoms with Crippen LogP contribution in [0.3, 0.4) is 0 Å². The van der Waals surface area contributed by atoms with Crippen LogP contribution in [0.25, 0.3) is 33.5 Å². The Labute approximate surface area is 132 Å². The van der Waals surface area contributed by atoms with Gasteiger partial charge in [-0.05, 0) is 12.1 Å². The summed E-state index contributed by atoms with van der Waals surface area (Å²) in [6.07, 6.45) is 3.71. The molecule has 0 spiro atoms. The molecule has 6 heteroatoms. The Morgan fingerprint density at radius 3 is 2.48 bits per heavy atom. The van der Waals surface area contributed by atoms with Crippen molar-refractivity contribution >= 4 is 17.0 Å². The molecule has 23 heavy (non-hydrogen) atoms. The van der Waals surface area contributed by atoms with Gasteiger partial charge in [0.1, 0.15) is 11.2 Å². The second-order valence-electron chi connectivity index (χ2n) is 5.26. The van der Waals surface area contributed by atoms with E-state index < -0.39 is 0 Å². The summed E-state index contributed by atoms with van der Waals surface area (Å²) in [5.74, 6) is 0.243. The topological polar surface area (TPSA) is 82.5 Å². The number of hydrogen-bond donors (Lipinski definition) is 1. The first-order valence-electron chi connectivity index (χ1n) is 7.19. The molecule has 0 atom stereocenters. The summed E-state index contributed by atoms with van der Waals surface area (Å²) in [5, 5.41) is 4.19. The summed E-state index contributed by atoms with van der Waals surface area (Å²) in [6, 6.07) is 13.7. The molecule has 2 N–H and O–H groups in total. The van der Waals surface area contributed by atoms with Crippen molar-refractivity contribution in [1.29, 1.82) is 0 Å². The first-order chi connectivity index (χ1) is 11.2. The molecule has 3 aromatic heterocycles. The van der Waals surface area contributed by atoms with E-state index >= 15 is 0 Å². The third-order valence-corrected chi connectivity index (χ3v) is 3.61. The Hall–Kier alpha value is -3.28. The third-order valence-electron chi connectivity index (χ3n) is 3.61. The van der Waals surface area contributed by atoms with Crippen molar-refractivity contribution < 1.29 is 0 Å². The Balaban J connectivity index is 1.98. The van der Waals surface area contributed by atoms with E-state index in [0.717, 1.165) is 33.5 Å². The first kappa shape index (κ1) is 13.4. The molecule has 3 heterocycles. The maximum absolute atomic E-state index is 5.85. The zero-order valence-corrected chi connectivity index (χ0v) is 12.5. The lowest BCUT2D eigenvalue weighted by molar-refractivity contribution is 0.768. The number of pyridine rings is 1. The predicted octanol–water partition coefficient (Wildman–Crippen LogP) is 2.67. The van der Waals surface area contributed by atoms with E-state index in [9.17, 15) is 0 Å². The van der Waals surface area contributed by atoms with E-state index in [2.05, 4.69) is 15.1 Å². The zero-order chi connectivity index (χ0) is 15.8. The number of hydrogen-bond acceptors (Lipinski definition) is 5. The van der Waals surface area contributed by atoms with Gasteiger partial charge < -0.3 is 5.73 Å². The van der Waals surface area contributed by atoms with Gasteiger partial charge in [-0.2, -0.15) is 5.10 Å². The highest BCUT2D eigenvalue weighted by Gasteiger charge is 2.12. The van der Waals surface area contributed by atoms with Crippen molar-refractivity contribution in [2.24, 2.45) is 7.05 Å². The minimum Gasteiger partial charge on any atom is -0.368 e.